The van der Waals surface area contributed by atoms with E-state index in [-0.39, 0.29) is 11.9 Å². The molecule has 3 heteroatoms. The van der Waals surface area contributed by atoms with Crippen LogP contribution in [0.5, 0.6) is 0 Å². The summed E-state index contributed by atoms with van der Waals surface area (Å²) < 4.78 is 4.88. The predicted octanol–water partition coefficient (Wildman–Crippen LogP) is 2.37. The molecule has 1 aliphatic heterocycles. The second kappa shape index (κ2) is 3.38. The largest absolute Gasteiger partial charge is 0.465 e. The van der Waals surface area contributed by atoms with Crippen molar-refractivity contribution in [3.05, 3.63) is 34.9 Å². The van der Waals surface area contributed by atoms with Gasteiger partial charge in [0.15, 0.2) is 0 Å². The fourth-order valence-corrected chi connectivity index (χ4v) is 1.62. The number of benzene rings is 1. The predicted molar refractivity (Wildman–Crippen MR) is 49.8 cm³/mol. The van der Waals surface area contributed by atoms with Crippen LogP contribution in [0.1, 0.15) is 17.9 Å². The van der Waals surface area contributed by atoms with Crippen molar-refractivity contribution in [1.82, 2.24) is 0 Å². The van der Waals surface area contributed by atoms with Crippen LogP contribution in [0, 0.1) is 0 Å². The van der Waals surface area contributed by atoms with Crippen molar-refractivity contribution in [3.63, 3.8) is 0 Å². The highest BCUT2D eigenvalue weighted by Crippen LogP contribution is 2.27. The third-order valence-corrected chi connectivity index (χ3v) is 2.46. The van der Waals surface area contributed by atoms with Crippen LogP contribution in [0.4, 0.5) is 0 Å². The zero-order valence-electron chi connectivity index (χ0n) is 7.00. The first-order chi connectivity index (χ1) is 6.27. The molecular formula is C10H9ClO2. The molecule has 0 spiro atoms. The number of ether oxygens (including phenoxy) is 1. The van der Waals surface area contributed by atoms with E-state index in [9.17, 15) is 4.79 Å². The zero-order chi connectivity index (χ0) is 9.26. The first kappa shape index (κ1) is 8.57. The van der Waals surface area contributed by atoms with E-state index in [0.717, 1.165) is 12.0 Å². The Bertz CT molecular complexity index is 318. The van der Waals surface area contributed by atoms with Crippen LogP contribution in [-0.4, -0.2) is 12.6 Å². The van der Waals surface area contributed by atoms with Crippen molar-refractivity contribution >= 4 is 17.6 Å². The summed E-state index contributed by atoms with van der Waals surface area (Å²) in [5.41, 5.74) is 0.993. The molecule has 0 amide bonds. The minimum atomic E-state index is -0.123. The van der Waals surface area contributed by atoms with E-state index in [4.69, 9.17) is 16.3 Å². The molecular weight excluding hydrogens is 188 g/mol. The molecule has 0 N–H and O–H groups in total. The molecule has 0 aliphatic carbocycles. The summed E-state index contributed by atoms with van der Waals surface area (Å²) in [6.45, 7) is 0.534. The molecule has 0 radical (unpaired) electrons. The lowest BCUT2D eigenvalue weighted by molar-refractivity contribution is -0.139. The van der Waals surface area contributed by atoms with E-state index in [1.165, 1.54) is 0 Å². The number of halogens is 1. The van der Waals surface area contributed by atoms with Gasteiger partial charge < -0.3 is 4.74 Å². The molecule has 1 atom stereocenters. The highest BCUT2D eigenvalue weighted by atomic mass is 35.5. The molecule has 13 heavy (non-hydrogen) atoms. The molecule has 0 aromatic heterocycles. The van der Waals surface area contributed by atoms with E-state index < -0.39 is 0 Å². The van der Waals surface area contributed by atoms with Crippen LogP contribution in [-0.2, 0) is 9.53 Å². The van der Waals surface area contributed by atoms with Gasteiger partial charge in [-0.25, -0.2) is 0 Å². The number of hydrogen-bond acceptors (Lipinski definition) is 2. The minimum Gasteiger partial charge on any atom is -0.465 e. The average Bonchev–Trinajstić information content (AvgIpc) is 2.53. The molecule has 0 saturated carbocycles. The maximum atomic E-state index is 11.2. The van der Waals surface area contributed by atoms with E-state index in [1.54, 1.807) is 12.1 Å². The van der Waals surface area contributed by atoms with Crippen molar-refractivity contribution in [2.24, 2.45) is 0 Å². The van der Waals surface area contributed by atoms with Gasteiger partial charge in [-0.1, -0.05) is 23.7 Å². The Labute approximate surface area is 81.5 Å². The molecule has 2 nitrogen and oxygen atoms in total. The first-order valence-electron chi connectivity index (χ1n) is 4.19. The maximum absolute atomic E-state index is 11.2. The SMILES string of the molecule is O=C1OCCC1c1ccc(Cl)cc1. The van der Waals surface area contributed by atoms with Crippen LogP contribution in [0.15, 0.2) is 24.3 Å². The van der Waals surface area contributed by atoms with Gasteiger partial charge in [0.05, 0.1) is 12.5 Å². The monoisotopic (exact) mass is 196 g/mol. The van der Waals surface area contributed by atoms with Gasteiger partial charge in [-0.2, -0.15) is 0 Å². The molecule has 1 aromatic carbocycles. The smallest absolute Gasteiger partial charge is 0.313 e. The molecule has 1 aliphatic rings. The van der Waals surface area contributed by atoms with Gasteiger partial charge in [0, 0.05) is 5.02 Å². The van der Waals surface area contributed by atoms with Crippen LogP contribution >= 0.6 is 11.6 Å². The highest BCUT2D eigenvalue weighted by molar-refractivity contribution is 6.30. The summed E-state index contributed by atoms with van der Waals surface area (Å²) in [6, 6.07) is 7.34. The van der Waals surface area contributed by atoms with Gasteiger partial charge in [0.2, 0.25) is 0 Å². The number of hydrogen-bond donors (Lipinski definition) is 0. The molecule has 1 unspecified atom stereocenters. The Morgan fingerprint density at radius 1 is 1.31 bits per heavy atom. The number of esters is 1. The summed E-state index contributed by atoms with van der Waals surface area (Å²) in [6.07, 6.45) is 0.778. The van der Waals surface area contributed by atoms with E-state index in [0.29, 0.717) is 11.6 Å². The Kier molecular flexibility index (Phi) is 2.23. The lowest BCUT2D eigenvalue weighted by atomic mass is 9.98. The van der Waals surface area contributed by atoms with Crippen molar-refractivity contribution in [1.29, 1.82) is 0 Å². The van der Waals surface area contributed by atoms with E-state index in [2.05, 4.69) is 0 Å². The number of carbonyl (C=O) groups excluding carboxylic acids is 1. The van der Waals surface area contributed by atoms with Crippen molar-refractivity contribution in [2.45, 2.75) is 12.3 Å². The van der Waals surface area contributed by atoms with Crippen molar-refractivity contribution in [2.75, 3.05) is 6.61 Å². The standard InChI is InChI=1S/C10H9ClO2/c11-8-3-1-7(2-4-8)9-5-6-13-10(9)12/h1-4,9H,5-6H2. The second-order valence-corrected chi connectivity index (χ2v) is 3.50. The van der Waals surface area contributed by atoms with Gasteiger partial charge in [-0.15, -0.1) is 0 Å². The molecule has 2 rings (SSSR count). The first-order valence-corrected chi connectivity index (χ1v) is 4.57. The van der Waals surface area contributed by atoms with Crippen LogP contribution in [0.2, 0.25) is 5.02 Å². The zero-order valence-corrected chi connectivity index (χ0v) is 7.75. The summed E-state index contributed by atoms with van der Waals surface area (Å²) in [5.74, 6) is -0.209. The highest BCUT2D eigenvalue weighted by Gasteiger charge is 2.27. The number of cyclic esters (lactones) is 1. The molecule has 1 heterocycles. The van der Waals surface area contributed by atoms with Crippen LogP contribution in [0.25, 0.3) is 0 Å². The van der Waals surface area contributed by atoms with Gasteiger partial charge in [0.25, 0.3) is 0 Å². The Morgan fingerprint density at radius 2 is 2.00 bits per heavy atom. The lowest BCUT2D eigenvalue weighted by Gasteiger charge is -2.04. The normalized spacial score (nSPS) is 21.6. The molecule has 1 aromatic rings. The van der Waals surface area contributed by atoms with Gasteiger partial charge in [-0.05, 0) is 24.1 Å². The number of rotatable bonds is 1. The topological polar surface area (TPSA) is 26.3 Å². The van der Waals surface area contributed by atoms with Gasteiger partial charge in [0.1, 0.15) is 0 Å². The van der Waals surface area contributed by atoms with Crippen LogP contribution in [0.3, 0.4) is 0 Å². The lowest BCUT2D eigenvalue weighted by Crippen LogP contribution is -2.04. The van der Waals surface area contributed by atoms with Gasteiger partial charge in [-0.3, -0.25) is 4.79 Å². The van der Waals surface area contributed by atoms with Crippen molar-refractivity contribution in [3.8, 4) is 0 Å². The maximum Gasteiger partial charge on any atom is 0.313 e. The van der Waals surface area contributed by atoms with E-state index in [1.807, 2.05) is 12.1 Å². The van der Waals surface area contributed by atoms with E-state index >= 15 is 0 Å². The minimum absolute atomic E-state index is 0.0859. The molecule has 68 valence electrons. The Balaban J connectivity index is 2.25. The summed E-state index contributed by atoms with van der Waals surface area (Å²) in [7, 11) is 0. The fraction of sp³-hybridized carbons (Fsp3) is 0.300. The summed E-state index contributed by atoms with van der Waals surface area (Å²) in [4.78, 5) is 11.2. The van der Waals surface area contributed by atoms with Crippen LogP contribution < -0.4 is 0 Å². The Morgan fingerprint density at radius 3 is 2.54 bits per heavy atom. The third-order valence-electron chi connectivity index (χ3n) is 2.21. The average molecular weight is 197 g/mol. The summed E-state index contributed by atoms with van der Waals surface area (Å²) in [5, 5.41) is 0.690. The summed E-state index contributed by atoms with van der Waals surface area (Å²) >= 11 is 5.74. The molecule has 1 fully saturated rings. The molecule has 0 bridgehead atoms. The van der Waals surface area contributed by atoms with Crippen molar-refractivity contribution < 1.29 is 9.53 Å². The fourth-order valence-electron chi connectivity index (χ4n) is 1.49. The van der Waals surface area contributed by atoms with Gasteiger partial charge >= 0.3 is 5.97 Å². The third kappa shape index (κ3) is 1.68. The molecule has 1 saturated heterocycles. The second-order valence-electron chi connectivity index (χ2n) is 3.06. The number of carbonyl (C=O) groups is 1. The Hall–Kier alpha value is -1.02. The quantitative estimate of drug-likeness (QED) is 0.645.